The average Bonchev–Trinajstić information content (AvgIpc) is 3.51. The van der Waals surface area contributed by atoms with Crippen molar-refractivity contribution in [1.82, 2.24) is 19.3 Å². The highest BCUT2D eigenvalue weighted by molar-refractivity contribution is 6.07. The van der Waals surface area contributed by atoms with E-state index in [1.165, 1.54) is 0 Å². The summed E-state index contributed by atoms with van der Waals surface area (Å²) in [5.74, 6) is 0.515. The minimum absolute atomic E-state index is 0.0376. The number of aryl methyl sites for hydroxylation is 1. The third-order valence-electron chi connectivity index (χ3n) is 8.69. The van der Waals surface area contributed by atoms with E-state index in [-0.39, 0.29) is 23.3 Å². The lowest BCUT2D eigenvalue weighted by atomic mass is 9.86. The molecule has 2 saturated heterocycles. The van der Waals surface area contributed by atoms with E-state index in [9.17, 15) is 9.59 Å². The highest BCUT2D eigenvalue weighted by atomic mass is 16.5. The Bertz CT molecular complexity index is 1450. The number of benzene rings is 2. The van der Waals surface area contributed by atoms with Gasteiger partial charge in [0.2, 0.25) is 5.91 Å². The van der Waals surface area contributed by atoms with E-state index in [0.717, 1.165) is 74.1 Å². The number of nitrogens with two attached hydrogens (primary N) is 1. The topological polar surface area (TPSA) is 96.1 Å². The van der Waals surface area contributed by atoms with Crippen LogP contribution in [0.15, 0.2) is 36.4 Å². The Kier molecular flexibility index (Phi) is 8.03. The lowest BCUT2D eigenvalue weighted by Crippen LogP contribution is -2.52. The van der Waals surface area contributed by atoms with Crippen LogP contribution < -0.4 is 15.8 Å². The second kappa shape index (κ2) is 11.4. The second-order valence-electron chi connectivity index (χ2n) is 12.5. The molecule has 0 unspecified atom stereocenters. The molecule has 9 heteroatoms. The number of nitrogens with zero attached hydrogens (tertiary/aromatic N) is 4. The minimum atomic E-state index is -0.220. The summed E-state index contributed by atoms with van der Waals surface area (Å²) in [5.41, 5.74) is 11.0. The average molecular weight is 561 g/mol. The zero-order chi connectivity index (χ0) is 29.5. The number of hydrogen-bond donors (Lipinski definition) is 2. The third-order valence-corrected chi connectivity index (χ3v) is 8.69. The lowest BCUT2D eigenvalue weighted by molar-refractivity contribution is -0.137. The molecule has 220 valence electrons. The first-order valence-corrected chi connectivity index (χ1v) is 14.6. The number of carbonyl (C=O) groups excluding carboxylic acids is 2. The maximum atomic E-state index is 13.6. The van der Waals surface area contributed by atoms with Crippen LogP contribution in [-0.4, -0.2) is 84.0 Å². The standard InChI is InChI=1S/C32H44N6O3/c1-32(2,3)23-18-24(33)29(41-6)25(19-23)34-30(39)27-17-21-9-7-10-22(28(21)36(27)5)20-37-13-15-38(16-14-37)31(40)26-11-8-12-35(26)4/h7,9-10,17-19,26H,8,11-16,20,33H2,1-6H3,(H,34,39)/t26-/m0/s1. The van der Waals surface area contributed by atoms with Crippen LogP contribution in [0.3, 0.4) is 0 Å². The van der Waals surface area contributed by atoms with Crippen molar-refractivity contribution < 1.29 is 14.3 Å². The molecule has 9 nitrogen and oxygen atoms in total. The molecule has 2 fully saturated rings. The van der Waals surface area contributed by atoms with Crippen molar-refractivity contribution in [3.05, 3.63) is 53.2 Å². The van der Waals surface area contributed by atoms with Gasteiger partial charge in [0.1, 0.15) is 5.69 Å². The number of fused-ring (bicyclic) bond motifs is 1. The fourth-order valence-corrected chi connectivity index (χ4v) is 6.24. The predicted molar refractivity (Wildman–Crippen MR) is 164 cm³/mol. The van der Waals surface area contributed by atoms with Gasteiger partial charge in [-0.25, -0.2) is 0 Å². The summed E-state index contributed by atoms with van der Waals surface area (Å²) in [5, 5.41) is 4.08. The number of ether oxygens (including phenoxy) is 1. The molecule has 2 aromatic carbocycles. The Balaban J connectivity index is 1.33. The predicted octanol–water partition coefficient (Wildman–Crippen LogP) is 4.06. The van der Waals surface area contributed by atoms with Gasteiger partial charge in [-0.1, -0.05) is 39.0 Å². The number of hydrogen-bond acceptors (Lipinski definition) is 6. The molecule has 0 saturated carbocycles. The zero-order valence-electron chi connectivity index (χ0n) is 25.3. The highest BCUT2D eigenvalue weighted by Gasteiger charge is 2.33. The molecule has 1 aromatic heterocycles. The molecule has 3 aromatic rings. The van der Waals surface area contributed by atoms with Crippen molar-refractivity contribution in [3.63, 3.8) is 0 Å². The fraction of sp³-hybridized carbons (Fsp3) is 0.500. The van der Waals surface area contributed by atoms with Gasteiger partial charge in [-0.15, -0.1) is 0 Å². The number of carbonyl (C=O) groups is 2. The normalized spacial score (nSPS) is 18.7. The van der Waals surface area contributed by atoms with Crippen LogP contribution in [0.4, 0.5) is 11.4 Å². The van der Waals surface area contributed by atoms with Crippen molar-refractivity contribution >= 4 is 34.1 Å². The molecular formula is C32H44N6O3. The van der Waals surface area contributed by atoms with E-state index in [0.29, 0.717) is 22.8 Å². The first-order chi connectivity index (χ1) is 19.5. The molecule has 2 aliphatic rings. The van der Waals surface area contributed by atoms with Gasteiger partial charge in [0.15, 0.2) is 5.75 Å². The van der Waals surface area contributed by atoms with Crippen molar-refractivity contribution in [2.24, 2.45) is 7.05 Å². The number of likely N-dealkylation sites (tertiary alicyclic amines) is 1. The zero-order valence-corrected chi connectivity index (χ0v) is 25.3. The van der Waals surface area contributed by atoms with Crippen LogP contribution in [0.1, 0.15) is 55.2 Å². The van der Waals surface area contributed by atoms with Gasteiger partial charge in [-0.2, -0.15) is 0 Å². The molecule has 3 N–H and O–H groups in total. The van der Waals surface area contributed by atoms with Gasteiger partial charge in [0, 0.05) is 45.2 Å². The number of nitrogen functional groups attached to an aromatic ring is 1. The Labute approximate surface area is 243 Å². The van der Waals surface area contributed by atoms with Crippen LogP contribution in [-0.2, 0) is 23.8 Å². The monoisotopic (exact) mass is 560 g/mol. The number of likely N-dealkylation sites (N-methyl/N-ethyl adjacent to an activating group) is 1. The number of para-hydroxylation sites is 1. The number of rotatable bonds is 6. The summed E-state index contributed by atoms with van der Waals surface area (Å²) in [7, 11) is 5.55. The first-order valence-electron chi connectivity index (χ1n) is 14.6. The smallest absolute Gasteiger partial charge is 0.272 e. The molecule has 0 aliphatic carbocycles. The van der Waals surface area contributed by atoms with Gasteiger partial charge in [-0.3, -0.25) is 19.4 Å². The number of aromatic nitrogens is 1. The molecule has 0 radical (unpaired) electrons. The van der Waals surface area contributed by atoms with Crippen LogP contribution in [0.2, 0.25) is 0 Å². The van der Waals surface area contributed by atoms with E-state index in [1.54, 1.807) is 7.11 Å². The van der Waals surface area contributed by atoms with Crippen LogP contribution in [0, 0.1) is 0 Å². The molecular weight excluding hydrogens is 516 g/mol. The Morgan fingerprint density at radius 1 is 1.05 bits per heavy atom. The van der Waals surface area contributed by atoms with Gasteiger partial charge in [0.05, 0.1) is 30.0 Å². The van der Waals surface area contributed by atoms with Gasteiger partial charge in [0.25, 0.3) is 5.91 Å². The van der Waals surface area contributed by atoms with E-state index >= 15 is 0 Å². The van der Waals surface area contributed by atoms with E-state index < -0.39 is 0 Å². The van der Waals surface area contributed by atoms with Crippen LogP contribution in [0.25, 0.3) is 10.9 Å². The summed E-state index contributed by atoms with van der Waals surface area (Å²) >= 11 is 0. The molecule has 2 aliphatic heterocycles. The van der Waals surface area contributed by atoms with Crippen molar-refractivity contribution in [1.29, 1.82) is 0 Å². The molecule has 0 spiro atoms. The van der Waals surface area contributed by atoms with Gasteiger partial charge in [-0.05, 0) is 61.2 Å². The van der Waals surface area contributed by atoms with Crippen molar-refractivity contribution in [3.8, 4) is 5.75 Å². The summed E-state index contributed by atoms with van der Waals surface area (Å²) < 4.78 is 7.52. The van der Waals surface area contributed by atoms with Crippen molar-refractivity contribution in [2.75, 3.05) is 57.9 Å². The maximum Gasteiger partial charge on any atom is 0.272 e. The number of anilines is 2. The Hall–Kier alpha value is -3.56. The van der Waals surface area contributed by atoms with Crippen LogP contribution >= 0.6 is 0 Å². The van der Waals surface area contributed by atoms with E-state index in [2.05, 4.69) is 49.0 Å². The quantitative estimate of drug-likeness (QED) is 0.442. The summed E-state index contributed by atoms with van der Waals surface area (Å²) in [6.45, 7) is 11.3. The molecule has 41 heavy (non-hydrogen) atoms. The fourth-order valence-electron chi connectivity index (χ4n) is 6.24. The number of amides is 2. The molecule has 1 atom stereocenters. The SMILES string of the molecule is COc1c(N)cc(C(C)(C)C)cc1NC(=O)c1cc2cccc(CN3CCN(C(=O)[C@@H]4CCCN4C)CC3)c2n1C. The summed E-state index contributed by atoms with van der Waals surface area (Å²) in [6, 6.07) is 12.0. The minimum Gasteiger partial charge on any atom is -0.492 e. The molecule has 5 rings (SSSR count). The summed E-state index contributed by atoms with van der Waals surface area (Å²) in [4.78, 5) is 33.2. The third kappa shape index (κ3) is 5.78. The number of methoxy groups -OCH3 is 1. The van der Waals surface area contributed by atoms with Crippen LogP contribution in [0.5, 0.6) is 5.75 Å². The van der Waals surface area contributed by atoms with Gasteiger partial charge >= 0.3 is 0 Å². The number of piperazine rings is 1. The maximum absolute atomic E-state index is 13.6. The lowest BCUT2D eigenvalue weighted by Gasteiger charge is -2.37. The summed E-state index contributed by atoms with van der Waals surface area (Å²) in [6.07, 6.45) is 2.06. The van der Waals surface area contributed by atoms with Gasteiger partial charge < -0.3 is 25.3 Å². The number of nitrogens with one attached hydrogen (secondary N) is 1. The highest BCUT2D eigenvalue weighted by Crippen LogP contribution is 2.37. The Morgan fingerprint density at radius 2 is 1.78 bits per heavy atom. The Morgan fingerprint density at radius 3 is 2.41 bits per heavy atom. The first kappa shape index (κ1) is 29.0. The molecule has 2 amide bonds. The molecule has 0 bridgehead atoms. The van der Waals surface area contributed by atoms with E-state index in [1.807, 2.05) is 46.8 Å². The second-order valence-corrected chi connectivity index (χ2v) is 12.5. The largest absolute Gasteiger partial charge is 0.492 e. The molecule has 3 heterocycles. The van der Waals surface area contributed by atoms with Crippen molar-refractivity contribution in [2.45, 2.75) is 51.6 Å². The van der Waals surface area contributed by atoms with E-state index in [4.69, 9.17) is 10.5 Å².